The highest BCUT2D eigenvalue weighted by molar-refractivity contribution is 9.10. The van der Waals surface area contributed by atoms with Crippen LogP contribution in [0.1, 0.15) is 24.9 Å². The van der Waals surface area contributed by atoms with Gasteiger partial charge in [-0.25, -0.2) is 0 Å². The summed E-state index contributed by atoms with van der Waals surface area (Å²) in [6, 6.07) is 3.54. The Balaban J connectivity index is 3.16. The molecule has 0 aliphatic heterocycles. The SMILES string of the molecule is CCC(N)c1cc(Br)c(O)c(OC)c1. The molecule has 3 N–H and O–H groups in total. The van der Waals surface area contributed by atoms with Crippen molar-refractivity contribution in [3.63, 3.8) is 0 Å². The van der Waals surface area contributed by atoms with E-state index in [0.29, 0.717) is 10.2 Å². The number of benzene rings is 1. The fourth-order valence-corrected chi connectivity index (χ4v) is 1.66. The average Bonchev–Trinajstić information content (AvgIpc) is 2.20. The third-order valence-electron chi connectivity index (χ3n) is 2.14. The highest BCUT2D eigenvalue weighted by Crippen LogP contribution is 2.36. The normalized spacial score (nSPS) is 12.6. The van der Waals surface area contributed by atoms with Crippen LogP contribution in [0.3, 0.4) is 0 Å². The van der Waals surface area contributed by atoms with Gasteiger partial charge in [0.15, 0.2) is 11.5 Å². The molecular weight excluding hydrogens is 246 g/mol. The monoisotopic (exact) mass is 259 g/mol. The summed E-state index contributed by atoms with van der Waals surface area (Å²) in [5, 5.41) is 9.56. The molecule has 1 aromatic carbocycles. The van der Waals surface area contributed by atoms with Crippen LogP contribution in [0.5, 0.6) is 11.5 Å². The summed E-state index contributed by atoms with van der Waals surface area (Å²) in [4.78, 5) is 0. The minimum Gasteiger partial charge on any atom is -0.503 e. The van der Waals surface area contributed by atoms with Crippen molar-refractivity contribution >= 4 is 15.9 Å². The second kappa shape index (κ2) is 4.66. The zero-order chi connectivity index (χ0) is 10.7. The van der Waals surface area contributed by atoms with E-state index >= 15 is 0 Å². The van der Waals surface area contributed by atoms with Gasteiger partial charge < -0.3 is 15.6 Å². The van der Waals surface area contributed by atoms with E-state index in [1.165, 1.54) is 7.11 Å². The lowest BCUT2D eigenvalue weighted by molar-refractivity contribution is 0.371. The summed E-state index contributed by atoms with van der Waals surface area (Å²) in [7, 11) is 1.52. The Bertz CT molecular complexity index is 328. The molecule has 0 fully saturated rings. The van der Waals surface area contributed by atoms with Gasteiger partial charge in [0.05, 0.1) is 11.6 Å². The van der Waals surface area contributed by atoms with Crippen molar-refractivity contribution in [1.29, 1.82) is 0 Å². The molecule has 14 heavy (non-hydrogen) atoms. The summed E-state index contributed by atoms with van der Waals surface area (Å²) in [5.74, 6) is 0.554. The Morgan fingerprint density at radius 2 is 2.21 bits per heavy atom. The van der Waals surface area contributed by atoms with E-state index in [9.17, 15) is 5.11 Å². The molecule has 78 valence electrons. The van der Waals surface area contributed by atoms with Gasteiger partial charge in [-0.1, -0.05) is 6.92 Å². The predicted molar refractivity (Wildman–Crippen MR) is 59.6 cm³/mol. The van der Waals surface area contributed by atoms with Crippen LogP contribution in [0.25, 0.3) is 0 Å². The lowest BCUT2D eigenvalue weighted by Gasteiger charge is -2.13. The quantitative estimate of drug-likeness (QED) is 0.878. The van der Waals surface area contributed by atoms with Crippen LogP contribution in [0.2, 0.25) is 0 Å². The number of nitrogens with two attached hydrogens (primary N) is 1. The summed E-state index contributed by atoms with van der Waals surface area (Å²) in [6.07, 6.45) is 0.848. The van der Waals surface area contributed by atoms with Gasteiger partial charge in [-0.05, 0) is 40.0 Å². The van der Waals surface area contributed by atoms with Gasteiger partial charge in [0.25, 0.3) is 0 Å². The van der Waals surface area contributed by atoms with Crippen LogP contribution < -0.4 is 10.5 Å². The second-order valence-corrected chi connectivity index (χ2v) is 3.92. The van der Waals surface area contributed by atoms with E-state index in [2.05, 4.69) is 15.9 Å². The Hall–Kier alpha value is -0.740. The van der Waals surface area contributed by atoms with Gasteiger partial charge in [-0.2, -0.15) is 0 Å². The summed E-state index contributed by atoms with van der Waals surface area (Å²) in [5.41, 5.74) is 6.83. The number of hydrogen-bond donors (Lipinski definition) is 2. The van der Waals surface area contributed by atoms with Crippen LogP contribution in [0.15, 0.2) is 16.6 Å². The van der Waals surface area contributed by atoms with Crippen molar-refractivity contribution in [2.75, 3.05) is 7.11 Å². The minimum absolute atomic E-state index is 0.0270. The number of rotatable bonds is 3. The van der Waals surface area contributed by atoms with Gasteiger partial charge >= 0.3 is 0 Å². The maximum Gasteiger partial charge on any atom is 0.172 e. The van der Waals surface area contributed by atoms with E-state index in [1.807, 2.05) is 13.0 Å². The van der Waals surface area contributed by atoms with Gasteiger partial charge in [0, 0.05) is 6.04 Å². The maximum absolute atomic E-state index is 9.56. The number of phenols is 1. The number of phenolic OH excluding ortho intramolecular Hbond substituents is 1. The number of hydrogen-bond acceptors (Lipinski definition) is 3. The molecule has 3 nitrogen and oxygen atoms in total. The molecule has 0 amide bonds. The molecule has 1 aromatic rings. The summed E-state index contributed by atoms with van der Waals surface area (Å²) >= 11 is 3.25. The highest BCUT2D eigenvalue weighted by atomic mass is 79.9. The standard InChI is InChI=1S/C10H14BrNO2/c1-3-8(12)6-4-7(11)10(13)9(5-6)14-2/h4-5,8,13H,3,12H2,1-2H3. The van der Waals surface area contributed by atoms with Gasteiger partial charge in [-0.15, -0.1) is 0 Å². The Labute approximate surface area is 92.0 Å². The van der Waals surface area contributed by atoms with Crippen LogP contribution in [0.4, 0.5) is 0 Å². The van der Waals surface area contributed by atoms with Gasteiger partial charge in [0.2, 0.25) is 0 Å². The van der Waals surface area contributed by atoms with Crippen LogP contribution in [-0.2, 0) is 0 Å². The van der Waals surface area contributed by atoms with E-state index in [4.69, 9.17) is 10.5 Å². The van der Waals surface area contributed by atoms with Crippen molar-refractivity contribution < 1.29 is 9.84 Å². The Morgan fingerprint density at radius 3 is 2.71 bits per heavy atom. The molecule has 0 aliphatic carbocycles. The summed E-state index contributed by atoms with van der Waals surface area (Å²) in [6.45, 7) is 2.01. The molecule has 0 aliphatic rings. The molecule has 0 aromatic heterocycles. The second-order valence-electron chi connectivity index (χ2n) is 3.07. The van der Waals surface area contributed by atoms with Crippen molar-refractivity contribution in [3.8, 4) is 11.5 Å². The topological polar surface area (TPSA) is 55.5 Å². The van der Waals surface area contributed by atoms with E-state index in [-0.39, 0.29) is 11.8 Å². The number of halogens is 1. The number of methoxy groups -OCH3 is 1. The lowest BCUT2D eigenvalue weighted by atomic mass is 10.1. The number of ether oxygens (including phenoxy) is 1. The van der Waals surface area contributed by atoms with E-state index in [1.54, 1.807) is 6.07 Å². The predicted octanol–water partition coefficient (Wildman–Crippen LogP) is 2.57. The molecule has 1 atom stereocenters. The Kier molecular flexibility index (Phi) is 3.77. The molecule has 4 heteroatoms. The lowest BCUT2D eigenvalue weighted by Crippen LogP contribution is -2.08. The molecule has 0 heterocycles. The third kappa shape index (κ3) is 2.19. The first-order valence-corrected chi connectivity index (χ1v) is 5.21. The van der Waals surface area contributed by atoms with Crippen LogP contribution in [-0.4, -0.2) is 12.2 Å². The van der Waals surface area contributed by atoms with Crippen molar-refractivity contribution in [2.45, 2.75) is 19.4 Å². The van der Waals surface area contributed by atoms with Crippen molar-refractivity contribution in [2.24, 2.45) is 5.73 Å². The summed E-state index contributed by atoms with van der Waals surface area (Å²) < 4.78 is 5.63. The highest BCUT2D eigenvalue weighted by Gasteiger charge is 2.11. The first kappa shape index (κ1) is 11.3. The minimum atomic E-state index is -0.0270. The van der Waals surface area contributed by atoms with Gasteiger partial charge in [-0.3, -0.25) is 0 Å². The first-order chi connectivity index (χ1) is 6.60. The fourth-order valence-electron chi connectivity index (χ4n) is 1.20. The Morgan fingerprint density at radius 1 is 1.57 bits per heavy atom. The molecule has 1 unspecified atom stereocenters. The average molecular weight is 260 g/mol. The largest absolute Gasteiger partial charge is 0.503 e. The molecule has 0 saturated carbocycles. The third-order valence-corrected chi connectivity index (χ3v) is 2.74. The molecule has 0 radical (unpaired) electrons. The smallest absolute Gasteiger partial charge is 0.172 e. The van der Waals surface area contributed by atoms with E-state index < -0.39 is 0 Å². The van der Waals surface area contributed by atoms with Gasteiger partial charge in [0.1, 0.15) is 0 Å². The zero-order valence-electron chi connectivity index (χ0n) is 8.25. The zero-order valence-corrected chi connectivity index (χ0v) is 9.84. The molecular formula is C10H14BrNO2. The van der Waals surface area contributed by atoms with Crippen LogP contribution >= 0.6 is 15.9 Å². The first-order valence-electron chi connectivity index (χ1n) is 4.42. The fraction of sp³-hybridized carbons (Fsp3) is 0.400. The maximum atomic E-state index is 9.56. The number of aromatic hydroxyl groups is 1. The molecule has 0 bridgehead atoms. The molecule has 1 rings (SSSR count). The van der Waals surface area contributed by atoms with Crippen molar-refractivity contribution in [1.82, 2.24) is 0 Å². The van der Waals surface area contributed by atoms with Crippen LogP contribution in [0, 0.1) is 0 Å². The van der Waals surface area contributed by atoms with E-state index in [0.717, 1.165) is 12.0 Å². The molecule has 0 spiro atoms. The van der Waals surface area contributed by atoms with Crippen molar-refractivity contribution in [3.05, 3.63) is 22.2 Å². The molecule has 0 saturated heterocycles.